The molecule has 28 heavy (non-hydrogen) atoms. The van der Waals surface area contributed by atoms with Crippen molar-refractivity contribution >= 4 is 29.2 Å². The number of likely N-dealkylation sites (tertiary alicyclic amines) is 1. The van der Waals surface area contributed by atoms with Crippen LogP contribution in [0.25, 0.3) is 5.52 Å². The van der Waals surface area contributed by atoms with Gasteiger partial charge in [-0.1, -0.05) is 13.8 Å². The summed E-state index contributed by atoms with van der Waals surface area (Å²) < 4.78 is 1.75. The summed E-state index contributed by atoms with van der Waals surface area (Å²) in [6.07, 6.45) is -0.00917. The Labute approximate surface area is 167 Å². The van der Waals surface area contributed by atoms with E-state index in [-0.39, 0.29) is 17.4 Å². The van der Waals surface area contributed by atoms with Gasteiger partial charge in [-0.2, -0.15) is 16.9 Å². The lowest BCUT2D eigenvalue weighted by Gasteiger charge is -2.27. The van der Waals surface area contributed by atoms with E-state index < -0.39 is 6.09 Å². The van der Waals surface area contributed by atoms with E-state index in [2.05, 4.69) is 23.7 Å². The Balaban J connectivity index is 1.72. The van der Waals surface area contributed by atoms with Crippen molar-refractivity contribution in [1.29, 1.82) is 0 Å². The van der Waals surface area contributed by atoms with Crippen molar-refractivity contribution in [2.45, 2.75) is 26.2 Å². The van der Waals surface area contributed by atoms with Crippen LogP contribution >= 0.6 is 11.8 Å². The number of H-pyrrole nitrogens is 1. The third-order valence-corrected chi connectivity index (χ3v) is 6.63. The Kier molecular flexibility index (Phi) is 5.27. The molecular weight excluding hydrogens is 378 g/mol. The summed E-state index contributed by atoms with van der Waals surface area (Å²) in [5, 5.41) is 14.3. The van der Waals surface area contributed by atoms with E-state index in [4.69, 9.17) is 5.10 Å². The lowest BCUT2D eigenvalue weighted by Crippen LogP contribution is -2.34. The zero-order valence-electron chi connectivity index (χ0n) is 16.3. The molecule has 9 heteroatoms. The van der Waals surface area contributed by atoms with Crippen LogP contribution in [0.3, 0.4) is 0 Å². The molecule has 2 aromatic rings. The van der Waals surface area contributed by atoms with Crippen molar-refractivity contribution in [3.8, 4) is 0 Å². The number of carboxylic acid groups (broad SMARTS) is 1. The topological polar surface area (TPSA) is 93.9 Å². The average Bonchev–Trinajstić information content (AvgIpc) is 3.26. The fourth-order valence-corrected chi connectivity index (χ4v) is 5.29. The van der Waals surface area contributed by atoms with Crippen molar-refractivity contribution in [3.63, 3.8) is 0 Å². The van der Waals surface area contributed by atoms with E-state index in [1.807, 2.05) is 23.9 Å². The van der Waals surface area contributed by atoms with E-state index in [0.717, 1.165) is 36.8 Å². The van der Waals surface area contributed by atoms with Gasteiger partial charge in [-0.3, -0.25) is 4.79 Å². The van der Waals surface area contributed by atoms with Gasteiger partial charge in [-0.05, 0) is 30.4 Å². The average molecular weight is 406 g/mol. The summed E-state index contributed by atoms with van der Waals surface area (Å²) >= 11 is 1.94. The second-order valence-corrected chi connectivity index (χ2v) is 9.34. The Bertz CT molecular complexity index is 918. The van der Waals surface area contributed by atoms with Crippen LogP contribution in [0.5, 0.6) is 0 Å². The number of hydrogen-bond donors (Lipinski definition) is 2. The molecule has 0 unspecified atom stereocenters. The van der Waals surface area contributed by atoms with Gasteiger partial charge in [0.15, 0.2) is 0 Å². The summed E-state index contributed by atoms with van der Waals surface area (Å²) in [6, 6.07) is 3.78. The Morgan fingerprint density at radius 1 is 1.32 bits per heavy atom. The quantitative estimate of drug-likeness (QED) is 0.811. The highest BCUT2D eigenvalue weighted by atomic mass is 32.2. The minimum atomic E-state index is -0.910. The first-order valence-electron chi connectivity index (χ1n) is 9.86. The van der Waals surface area contributed by atoms with E-state index in [9.17, 15) is 14.7 Å². The molecule has 2 aliphatic heterocycles. The Morgan fingerprint density at radius 3 is 2.75 bits per heavy atom. The van der Waals surface area contributed by atoms with E-state index in [1.54, 1.807) is 4.52 Å². The Hall–Kier alpha value is -2.16. The molecule has 2 aliphatic rings. The molecule has 8 nitrogen and oxygen atoms in total. The third-order valence-electron chi connectivity index (χ3n) is 5.69. The zero-order chi connectivity index (χ0) is 19.8. The molecule has 0 spiro atoms. The molecule has 2 fully saturated rings. The second-order valence-electron chi connectivity index (χ2n) is 8.11. The van der Waals surface area contributed by atoms with Gasteiger partial charge in [0.25, 0.3) is 5.56 Å². The van der Waals surface area contributed by atoms with Crippen molar-refractivity contribution < 1.29 is 9.90 Å². The van der Waals surface area contributed by atoms with Gasteiger partial charge in [0.2, 0.25) is 0 Å². The minimum absolute atomic E-state index is 0.0947. The fourth-order valence-electron chi connectivity index (χ4n) is 4.39. The molecule has 2 N–H and O–H groups in total. The van der Waals surface area contributed by atoms with E-state index in [0.29, 0.717) is 30.3 Å². The largest absolute Gasteiger partial charge is 0.465 e. The summed E-state index contributed by atoms with van der Waals surface area (Å²) in [4.78, 5) is 30.9. The number of nitrogens with one attached hydrogen (secondary N) is 1. The molecule has 0 aliphatic carbocycles. The lowest BCUT2D eigenvalue weighted by atomic mass is 9.88. The normalized spacial score (nSPS) is 23.1. The van der Waals surface area contributed by atoms with Crippen molar-refractivity contribution in [1.82, 2.24) is 19.5 Å². The van der Waals surface area contributed by atoms with Crippen LogP contribution in [0.1, 0.15) is 32.0 Å². The number of carbonyl (C=O) groups is 1. The first kappa shape index (κ1) is 19.2. The van der Waals surface area contributed by atoms with Gasteiger partial charge < -0.3 is 19.9 Å². The second kappa shape index (κ2) is 7.69. The molecular formula is C19H27N5O3S. The molecule has 0 bridgehead atoms. The maximum atomic E-state index is 12.7. The first-order valence-corrected chi connectivity index (χ1v) is 11.0. The number of hydrogen-bond acceptors (Lipinski definition) is 5. The number of nitrogens with zero attached hydrogens (tertiary/aromatic N) is 4. The summed E-state index contributed by atoms with van der Waals surface area (Å²) in [5.74, 6) is 4.17. The summed E-state index contributed by atoms with van der Waals surface area (Å²) in [6.45, 7) is 7.01. The number of rotatable bonds is 4. The maximum Gasteiger partial charge on any atom is 0.407 e. The Morgan fingerprint density at radius 2 is 2.07 bits per heavy atom. The molecule has 152 valence electrons. The molecule has 0 aromatic carbocycles. The van der Waals surface area contributed by atoms with E-state index >= 15 is 0 Å². The highest BCUT2D eigenvalue weighted by molar-refractivity contribution is 7.99. The van der Waals surface area contributed by atoms with Crippen LogP contribution in [0.2, 0.25) is 0 Å². The van der Waals surface area contributed by atoms with Gasteiger partial charge in [0.05, 0.1) is 0 Å². The van der Waals surface area contributed by atoms with Crippen molar-refractivity contribution in [2.24, 2.45) is 11.8 Å². The molecule has 2 aromatic heterocycles. The van der Waals surface area contributed by atoms with Crippen LogP contribution in [-0.4, -0.2) is 68.4 Å². The molecule has 4 rings (SSSR count). The first-order chi connectivity index (χ1) is 13.4. The maximum absolute atomic E-state index is 12.7. The fraction of sp³-hybridized carbons (Fsp3) is 0.632. The predicted octanol–water partition coefficient (Wildman–Crippen LogP) is 2.32. The predicted molar refractivity (Wildman–Crippen MR) is 111 cm³/mol. The molecule has 2 saturated heterocycles. The van der Waals surface area contributed by atoms with Gasteiger partial charge in [0.1, 0.15) is 17.2 Å². The number of thioether (sulfide) groups is 1. The standard InChI is InChI=1S/C19H27N5O3S/c1-12(2)9-13-10-23(19(26)27)11-14(13)17-20-18(25)15-3-4-16(24(15)21-17)22-5-7-28-8-6-22/h3-4,12-14H,5-11H2,1-2H3,(H,26,27)(H,20,21,25)/t13-,14-/m1/s1. The number of amides is 1. The molecule has 0 radical (unpaired) electrons. The SMILES string of the molecule is CC(C)C[C@@H]1CN(C(=O)O)C[C@H]1c1nn2c(N3CCSCC3)ccc2c(=O)[nH]1. The number of aromatic amines is 1. The summed E-state index contributed by atoms with van der Waals surface area (Å²) in [5.41, 5.74) is 0.366. The zero-order valence-corrected chi connectivity index (χ0v) is 17.1. The van der Waals surface area contributed by atoms with Crippen LogP contribution in [0.4, 0.5) is 10.6 Å². The molecule has 0 saturated carbocycles. The van der Waals surface area contributed by atoms with Gasteiger partial charge in [0, 0.05) is 43.6 Å². The van der Waals surface area contributed by atoms with Crippen LogP contribution in [0.15, 0.2) is 16.9 Å². The monoisotopic (exact) mass is 405 g/mol. The smallest absolute Gasteiger partial charge is 0.407 e. The van der Waals surface area contributed by atoms with E-state index in [1.165, 1.54) is 4.90 Å². The highest BCUT2D eigenvalue weighted by Crippen LogP contribution is 2.35. The van der Waals surface area contributed by atoms with Crippen LogP contribution < -0.4 is 10.5 Å². The third kappa shape index (κ3) is 3.59. The molecule has 4 heterocycles. The summed E-state index contributed by atoms with van der Waals surface area (Å²) in [7, 11) is 0. The highest BCUT2D eigenvalue weighted by Gasteiger charge is 2.38. The van der Waals surface area contributed by atoms with Crippen molar-refractivity contribution in [2.75, 3.05) is 42.6 Å². The minimum Gasteiger partial charge on any atom is -0.465 e. The lowest BCUT2D eigenvalue weighted by molar-refractivity contribution is 0.153. The molecule has 2 atom stereocenters. The van der Waals surface area contributed by atoms with Gasteiger partial charge >= 0.3 is 6.09 Å². The van der Waals surface area contributed by atoms with Crippen LogP contribution in [0, 0.1) is 11.8 Å². The molecule has 1 amide bonds. The number of anilines is 1. The van der Waals surface area contributed by atoms with Crippen LogP contribution in [-0.2, 0) is 0 Å². The van der Waals surface area contributed by atoms with Crippen molar-refractivity contribution in [3.05, 3.63) is 28.3 Å². The number of fused-ring (bicyclic) bond motifs is 1. The van der Waals surface area contributed by atoms with Gasteiger partial charge in [-0.15, -0.1) is 0 Å². The number of aromatic nitrogens is 3. The van der Waals surface area contributed by atoms with Gasteiger partial charge in [-0.25, -0.2) is 9.31 Å².